The van der Waals surface area contributed by atoms with E-state index in [1.54, 1.807) is 18.2 Å². The second-order valence-corrected chi connectivity index (χ2v) is 10.2. The molecule has 0 spiro atoms. The molecule has 1 N–H and O–H groups in total. The van der Waals surface area contributed by atoms with Gasteiger partial charge in [-0.05, 0) is 85.5 Å². The number of thioether (sulfide) groups is 1. The zero-order valence-electron chi connectivity index (χ0n) is 21.8. The molecule has 2 aromatic carbocycles. The number of fused-ring (bicyclic) bond motifs is 1. The number of carbonyl (C=O) groups excluding carboxylic acids is 1. The third-order valence-electron chi connectivity index (χ3n) is 5.75. The minimum absolute atomic E-state index is 0.0167. The molecule has 0 bridgehead atoms. The van der Waals surface area contributed by atoms with E-state index in [0.717, 1.165) is 17.2 Å². The van der Waals surface area contributed by atoms with Crippen molar-refractivity contribution in [1.82, 2.24) is 5.01 Å². The van der Waals surface area contributed by atoms with Gasteiger partial charge >= 0.3 is 0 Å². The minimum Gasteiger partial charge on any atom is -0.490 e. The van der Waals surface area contributed by atoms with Gasteiger partial charge in [-0.3, -0.25) is 10.2 Å². The number of nitrogens with zero attached hydrogens (tertiary/aromatic N) is 3. The number of carbonyl (C=O) groups is 1. The summed E-state index contributed by atoms with van der Waals surface area (Å²) < 4.78 is 17.5. The first-order valence-corrected chi connectivity index (χ1v) is 13.2. The number of benzene rings is 2. The van der Waals surface area contributed by atoms with Gasteiger partial charge in [0.1, 0.15) is 24.0 Å². The zero-order chi connectivity index (χ0) is 26.5. The van der Waals surface area contributed by atoms with Gasteiger partial charge in [-0.15, -0.1) is 0 Å². The van der Waals surface area contributed by atoms with E-state index in [-0.39, 0.29) is 11.4 Å². The molecule has 0 saturated carbocycles. The number of nitrogens with one attached hydrogen (secondary N) is 1. The summed E-state index contributed by atoms with van der Waals surface area (Å²) in [4.78, 5) is 16.9. The highest BCUT2D eigenvalue weighted by Crippen LogP contribution is 2.33. The van der Waals surface area contributed by atoms with Crippen molar-refractivity contribution in [3.63, 3.8) is 0 Å². The van der Waals surface area contributed by atoms with E-state index in [9.17, 15) is 4.79 Å². The lowest BCUT2D eigenvalue weighted by Gasteiger charge is -2.20. The molecule has 9 heteroatoms. The van der Waals surface area contributed by atoms with Crippen LogP contribution in [0.5, 0.6) is 17.2 Å². The second kappa shape index (κ2) is 11.6. The summed E-state index contributed by atoms with van der Waals surface area (Å²) in [7, 11) is 0. The fourth-order valence-corrected chi connectivity index (χ4v) is 4.84. The number of hydrogen-bond donors (Lipinski definition) is 1. The van der Waals surface area contributed by atoms with Crippen molar-refractivity contribution < 1.29 is 19.0 Å². The van der Waals surface area contributed by atoms with Crippen LogP contribution in [-0.2, 0) is 4.79 Å². The van der Waals surface area contributed by atoms with Gasteiger partial charge in [0.2, 0.25) is 5.17 Å². The Morgan fingerprint density at radius 1 is 1.03 bits per heavy atom. The molecule has 0 saturated heterocycles. The van der Waals surface area contributed by atoms with Crippen molar-refractivity contribution in [3.8, 4) is 17.2 Å². The van der Waals surface area contributed by atoms with Crippen molar-refractivity contribution >= 4 is 39.8 Å². The Morgan fingerprint density at radius 2 is 1.81 bits per heavy atom. The van der Waals surface area contributed by atoms with Crippen LogP contribution in [0.1, 0.15) is 43.9 Å². The standard InChI is InChI=1S/C28H32N4O4S/c1-6-34-24-16-20(8-10-23(24)36-12-11-35-21-9-7-18(4)19(5)14-21)15-22-26(29)32-28(30-27(22)33)37-25(31-32)13-17(2)3/h7-10,14-17,29H,6,11-13H2,1-5H3/b22-15+,29-26?. The van der Waals surface area contributed by atoms with Gasteiger partial charge < -0.3 is 14.2 Å². The van der Waals surface area contributed by atoms with E-state index in [1.165, 1.54) is 27.9 Å². The molecule has 1 amide bonds. The molecule has 2 heterocycles. The van der Waals surface area contributed by atoms with Crippen LogP contribution in [0.15, 0.2) is 52.1 Å². The van der Waals surface area contributed by atoms with Crippen LogP contribution in [0.3, 0.4) is 0 Å². The van der Waals surface area contributed by atoms with E-state index in [2.05, 4.69) is 37.8 Å². The van der Waals surface area contributed by atoms with E-state index in [4.69, 9.17) is 19.6 Å². The molecule has 194 valence electrons. The number of hydrazone groups is 1. The summed E-state index contributed by atoms with van der Waals surface area (Å²) in [5, 5.41) is 15.8. The molecular formula is C28H32N4O4S. The van der Waals surface area contributed by atoms with E-state index in [0.29, 0.717) is 48.0 Å². The maximum absolute atomic E-state index is 12.7. The molecule has 0 aromatic heterocycles. The molecule has 2 aliphatic heterocycles. The third-order valence-corrected chi connectivity index (χ3v) is 6.68. The maximum Gasteiger partial charge on any atom is 0.283 e. The smallest absolute Gasteiger partial charge is 0.283 e. The molecule has 8 nitrogen and oxygen atoms in total. The SMILES string of the molecule is CCOc1cc(/C=C2\C(=N)N3N=C(CC(C)C)SC3=NC2=O)ccc1OCCOc1ccc(C)c(C)c1. The normalized spacial score (nSPS) is 16.2. The Kier molecular flexibility index (Phi) is 8.33. The summed E-state index contributed by atoms with van der Waals surface area (Å²) in [6.07, 6.45) is 2.41. The van der Waals surface area contributed by atoms with Crippen LogP contribution in [0.25, 0.3) is 6.08 Å². The maximum atomic E-state index is 12.7. The number of aliphatic imine (C=N–C) groups is 1. The highest BCUT2D eigenvalue weighted by atomic mass is 32.2. The highest BCUT2D eigenvalue weighted by Gasteiger charge is 2.35. The number of amidine groups is 2. The third kappa shape index (κ3) is 6.40. The number of aryl methyl sites for hydroxylation is 2. The van der Waals surface area contributed by atoms with Gasteiger partial charge in [0, 0.05) is 6.42 Å². The van der Waals surface area contributed by atoms with Gasteiger partial charge in [-0.1, -0.05) is 26.0 Å². The average Bonchev–Trinajstić information content (AvgIpc) is 3.24. The van der Waals surface area contributed by atoms with Crippen molar-refractivity contribution in [2.24, 2.45) is 16.0 Å². The quantitative estimate of drug-likeness (QED) is 0.313. The summed E-state index contributed by atoms with van der Waals surface area (Å²) >= 11 is 1.35. The van der Waals surface area contributed by atoms with Crippen LogP contribution >= 0.6 is 11.8 Å². The van der Waals surface area contributed by atoms with Crippen LogP contribution < -0.4 is 14.2 Å². The Hall–Kier alpha value is -3.59. The molecule has 37 heavy (non-hydrogen) atoms. The largest absolute Gasteiger partial charge is 0.490 e. The van der Waals surface area contributed by atoms with Crippen LogP contribution in [0, 0.1) is 25.2 Å². The fourth-order valence-electron chi connectivity index (χ4n) is 3.75. The lowest BCUT2D eigenvalue weighted by molar-refractivity contribution is -0.114. The highest BCUT2D eigenvalue weighted by molar-refractivity contribution is 8.26. The molecule has 0 aliphatic carbocycles. The monoisotopic (exact) mass is 520 g/mol. The molecule has 0 radical (unpaired) electrons. The molecule has 4 rings (SSSR count). The van der Waals surface area contributed by atoms with E-state index in [1.807, 2.05) is 31.2 Å². The topological polar surface area (TPSA) is 96.6 Å². The van der Waals surface area contributed by atoms with Crippen molar-refractivity contribution in [3.05, 3.63) is 58.7 Å². The fraction of sp³-hybridized carbons (Fsp3) is 0.357. The molecule has 0 unspecified atom stereocenters. The lowest BCUT2D eigenvalue weighted by atomic mass is 10.1. The summed E-state index contributed by atoms with van der Waals surface area (Å²) in [6, 6.07) is 11.4. The molecule has 0 atom stereocenters. The minimum atomic E-state index is -0.452. The summed E-state index contributed by atoms with van der Waals surface area (Å²) in [5.74, 6) is 1.92. The van der Waals surface area contributed by atoms with E-state index < -0.39 is 5.91 Å². The van der Waals surface area contributed by atoms with Crippen LogP contribution in [0.2, 0.25) is 0 Å². The summed E-state index contributed by atoms with van der Waals surface area (Å²) in [6.45, 7) is 11.4. The molecule has 2 aliphatic rings. The first-order valence-electron chi connectivity index (χ1n) is 12.3. The number of hydrogen-bond acceptors (Lipinski definition) is 7. The Bertz CT molecular complexity index is 1300. The Balaban J connectivity index is 1.45. The first-order chi connectivity index (χ1) is 17.7. The lowest BCUT2D eigenvalue weighted by Crippen LogP contribution is -2.35. The van der Waals surface area contributed by atoms with E-state index >= 15 is 0 Å². The van der Waals surface area contributed by atoms with Gasteiger partial charge in [-0.25, -0.2) is 0 Å². The number of amides is 1. The van der Waals surface area contributed by atoms with Crippen molar-refractivity contribution in [2.75, 3.05) is 19.8 Å². The predicted molar refractivity (Wildman–Crippen MR) is 149 cm³/mol. The summed E-state index contributed by atoms with van der Waals surface area (Å²) in [5.41, 5.74) is 3.28. The van der Waals surface area contributed by atoms with Gasteiger partial charge in [0.15, 0.2) is 17.3 Å². The molecule has 0 fully saturated rings. The number of ether oxygens (including phenoxy) is 3. The van der Waals surface area contributed by atoms with Gasteiger partial charge in [0.05, 0.1) is 12.2 Å². The Labute approximate surface area is 221 Å². The Morgan fingerprint density at radius 3 is 2.54 bits per heavy atom. The predicted octanol–water partition coefficient (Wildman–Crippen LogP) is 5.83. The van der Waals surface area contributed by atoms with Gasteiger partial charge in [0.25, 0.3) is 5.91 Å². The van der Waals surface area contributed by atoms with Crippen LogP contribution in [-0.4, -0.2) is 46.8 Å². The van der Waals surface area contributed by atoms with Gasteiger partial charge in [-0.2, -0.15) is 15.1 Å². The number of rotatable bonds is 10. The molecular weight excluding hydrogens is 488 g/mol. The van der Waals surface area contributed by atoms with Crippen LogP contribution in [0.4, 0.5) is 0 Å². The van der Waals surface area contributed by atoms with Crippen molar-refractivity contribution in [1.29, 1.82) is 5.41 Å². The first kappa shape index (κ1) is 26.5. The zero-order valence-corrected chi connectivity index (χ0v) is 22.6. The van der Waals surface area contributed by atoms with Crippen molar-refractivity contribution in [2.45, 2.75) is 41.0 Å². The molecule has 2 aromatic rings. The second-order valence-electron chi connectivity index (χ2n) is 9.19. The average molecular weight is 521 g/mol.